The second-order valence-corrected chi connectivity index (χ2v) is 5.14. The minimum absolute atomic E-state index is 0.291. The Balaban J connectivity index is 1.75. The summed E-state index contributed by atoms with van der Waals surface area (Å²) >= 11 is 6.04. The van der Waals surface area contributed by atoms with E-state index in [-0.39, 0.29) is 0 Å². The molecule has 2 aromatic carbocycles. The third-order valence-electron chi connectivity index (χ3n) is 3.26. The van der Waals surface area contributed by atoms with E-state index in [2.05, 4.69) is 5.32 Å². The van der Waals surface area contributed by atoms with Crippen LogP contribution < -0.4 is 20.5 Å². The summed E-state index contributed by atoms with van der Waals surface area (Å²) in [5, 5.41) is 3.91. The van der Waals surface area contributed by atoms with Crippen LogP contribution in [-0.2, 0) is 6.54 Å². The highest BCUT2D eigenvalue weighted by Crippen LogP contribution is 2.33. The second kappa shape index (κ2) is 5.13. The summed E-state index contributed by atoms with van der Waals surface area (Å²) < 4.78 is 10.7. The van der Waals surface area contributed by atoms with Gasteiger partial charge in [-0.2, -0.15) is 0 Å². The molecule has 0 radical (unpaired) electrons. The molecular weight excluding hydrogens is 276 g/mol. The molecule has 0 saturated carbocycles. The van der Waals surface area contributed by atoms with E-state index in [0.29, 0.717) is 24.0 Å². The third kappa shape index (κ3) is 2.47. The molecule has 0 fully saturated rings. The van der Waals surface area contributed by atoms with E-state index in [0.717, 1.165) is 28.3 Å². The van der Waals surface area contributed by atoms with Gasteiger partial charge in [-0.1, -0.05) is 17.7 Å². The van der Waals surface area contributed by atoms with Gasteiger partial charge in [0.25, 0.3) is 0 Å². The average Bonchev–Trinajstić information content (AvgIpc) is 2.89. The highest BCUT2D eigenvalue weighted by molar-refractivity contribution is 6.33. The van der Waals surface area contributed by atoms with Crippen molar-refractivity contribution in [2.45, 2.75) is 13.5 Å². The van der Waals surface area contributed by atoms with E-state index < -0.39 is 0 Å². The molecule has 3 N–H and O–H groups in total. The maximum atomic E-state index is 6.04. The Kier molecular flexibility index (Phi) is 3.32. The van der Waals surface area contributed by atoms with Crippen molar-refractivity contribution < 1.29 is 9.47 Å². The molecule has 0 amide bonds. The SMILES string of the molecule is Cc1cc(N)c(Cl)cc1NCc1ccc2c(c1)OCO2. The number of ether oxygens (including phenoxy) is 2. The lowest BCUT2D eigenvalue weighted by Gasteiger charge is -2.12. The fourth-order valence-corrected chi connectivity index (χ4v) is 2.31. The van der Waals surface area contributed by atoms with Gasteiger partial charge in [0.2, 0.25) is 6.79 Å². The second-order valence-electron chi connectivity index (χ2n) is 4.73. The van der Waals surface area contributed by atoms with Gasteiger partial charge in [-0.05, 0) is 42.3 Å². The van der Waals surface area contributed by atoms with Gasteiger partial charge in [0, 0.05) is 12.2 Å². The van der Waals surface area contributed by atoms with Crippen LogP contribution >= 0.6 is 11.6 Å². The Morgan fingerprint density at radius 2 is 2.00 bits per heavy atom. The highest BCUT2D eigenvalue weighted by Gasteiger charge is 2.13. The first-order valence-corrected chi connectivity index (χ1v) is 6.69. The van der Waals surface area contributed by atoms with Gasteiger partial charge in [-0.15, -0.1) is 0 Å². The molecule has 3 rings (SSSR count). The lowest BCUT2D eigenvalue weighted by molar-refractivity contribution is 0.174. The van der Waals surface area contributed by atoms with Crippen molar-refractivity contribution in [3.8, 4) is 11.5 Å². The predicted octanol–water partition coefficient (Wildman–Crippen LogP) is 3.57. The maximum absolute atomic E-state index is 6.04. The first-order valence-electron chi connectivity index (χ1n) is 6.31. The van der Waals surface area contributed by atoms with Crippen LogP contribution in [0.2, 0.25) is 5.02 Å². The standard InChI is InChI=1S/C15H15ClN2O2/c1-9-4-12(17)11(16)6-13(9)18-7-10-2-3-14-15(5-10)20-8-19-14/h2-6,18H,7-8,17H2,1H3. The van der Waals surface area contributed by atoms with Crippen LogP contribution in [-0.4, -0.2) is 6.79 Å². The predicted molar refractivity (Wildman–Crippen MR) is 80.5 cm³/mol. The van der Waals surface area contributed by atoms with Gasteiger partial charge in [-0.3, -0.25) is 0 Å². The molecular formula is C15H15ClN2O2. The van der Waals surface area contributed by atoms with Crippen LogP contribution in [0.15, 0.2) is 30.3 Å². The Labute approximate surface area is 122 Å². The third-order valence-corrected chi connectivity index (χ3v) is 3.59. The van der Waals surface area contributed by atoms with Gasteiger partial charge in [0.1, 0.15) is 0 Å². The van der Waals surface area contributed by atoms with E-state index in [1.807, 2.05) is 37.3 Å². The largest absolute Gasteiger partial charge is 0.454 e. The van der Waals surface area contributed by atoms with Crippen LogP contribution in [0.1, 0.15) is 11.1 Å². The molecule has 0 spiro atoms. The normalized spacial score (nSPS) is 12.5. The quantitative estimate of drug-likeness (QED) is 0.849. The van der Waals surface area contributed by atoms with Crippen molar-refractivity contribution in [2.24, 2.45) is 0 Å². The number of rotatable bonds is 3. The zero-order chi connectivity index (χ0) is 14.1. The van der Waals surface area contributed by atoms with E-state index in [9.17, 15) is 0 Å². The lowest BCUT2D eigenvalue weighted by atomic mass is 10.1. The lowest BCUT2D eigenvalue weighted by Crippen LogP contribution is -2.02. The summed E-state index contributed by atoms with van der Waals surface area (Å²) in [5.41, 5.74) is 9.51. The van der Waals surface area contributed by atoms with Gasteiger partial charge < -0.3 is 20.5 Å². The molecule has 0 unspecified atom stereocenters. The monoisotopic (exact) mass is 290 g/mol. The molecule has 0 bridgehead atoms. The minimum Gasteiger partial charge on any atom is -0.454 e. The van der Waals surface area contributed by atoms with Gasteiger partial charge in [-0.25, -0.2) is 0 Å². The summed E-state index contributed by atoms with van der Waals surface area (Å²) in [6.45, 7) is 2.96. The van der Waals surface area contributed by atoms with Crippen molar-refractivity contribution in [1.82, 2.24) is 0 Å². The Bertz CT molecular complexity index is 659. The van der Waals surface area contributed by atoms with Crippen molar-refractivity contribution >= 4 is 23.0 Å². The average molecular weight is 291 g/mol. The molecule has 5 heteroatoms. The number of anilines is 2. The van der Waals surface area contributed by atoms with E-state index >= 15 is 0 Å². The van der Waals surface area contributed by atoms with Crippen LogP contribution in [0.4, 0.5) is 11.4 Å². The topological polar surface area (TPSA) is 56.5 Å². The molecule has 0 atom stereocenters. The van der Waals surface area contributed by atoms with E-state index in [1.165, 1.54) is 0 Å². The van der Waals surface area contributed by atoms with Gasteiger partial charge in [0.05, 0.1) is 10.7 Å². The molecule has 20 heavy (non-hydrogen) atoms. The van der Waals surface area contributed by atoms with Crippen molar-refractivity contribution in [2.75, 3.05) is 17.8 Å². The van der Waals surface area contributed by atoms with Crippen LogP contribution in [0.5, 0.6) is 11.5 Å². The Morgan fingerprint density at radius 3 is 2.85 bits per heavy atom. The van der Waals surface area contributed by atoms with Crippen molar-refractivity contribution in [3.63, 3.8) is 0 Å². The summed E-state index contributed by atoms with van der Waals surface area (Å²) in [7, 11) is 0. The first-order chi connectivity index (χ1) is 9.63. The molecule has 1 aliphatic heterocycles. The number of hydrogen-bond donors (Lipinski definition) is 2. The first kappa shape index (κ1) is 12.9. The zero-order valence-electron chi connectivity index (χ0n) is 11.1. The Hall–Kier alpha value is -2.07. The number of hydrogen-bond acceptors (Lipinski definition) is 4. The van der Waals surface area contributed by atoms with Crippen LogP contribution in [0, 0.1) is 6.92 Å². The molecule has 104 valence electrons. The zero-order valence-corrected chi connectivity index (χ0v) is 11.8. The molecule has 1 heterocycles. The molecule has 0 aromatic heterocycles. The van der Waals surface area contributed by atoms with E-state index in [1.54, 1.807) is 0 Å². The number of nitrogens with one attached hydrogen (secondary N) is 1. The summed E-state index contributed by atoms with van der Waals surface area (Å²) in [6, 6.07) is 9.62. The molecule has 1 aliphatic rings. The maximum Gasteiger partial charge on any atom is 0.231 e. The van der Waals surface area contributed by atoms with Crippen LogP contribution in [0.25, 0.3) is 0 Å². The van der Waals surface area contributed by atoms with Crippen LogP contribution in [0.3, 0.4) is 0 Å². The molecule has 0 aliphatic carbocycles. The summed E-state index contributed by atoms with van der Waals surface area (Å²) in [4.78, 5) is 0. The summed E-state index contributed by atoms with van der Waals surface area (Å²) in [6.07, 6.45) is 0. The summed E-state index contributed by atoms with van der Waals surface area (Å²) in [5.74, 6) is 1.58. The van der Waals surface area contributed by atoms with Gasteiger partial charge in [0.15, 0.2) is 11.5 Å². The number of nitrogen functional groups attached to an aromatic ring is 1. The number of nitrogens with two attached hydrogens (primary N) is 1. The molecule has 4 nitrogen and oxygen atoms in total. The minimum atomic E-state index is 0.291. The fourth-order valence-electron chi connectivity index (χ4n) is 2.14. The highest BCUT2D eigenvalue weighted by atomic mass is 35.5. The smallest absolute Gasteiger partial charge is 0.231 e. The number of fused-ring (bicyclic) bond motifs is 1. The molecule has 0 saturated heterocycles. The number of aryl methyl sites for hydroxylation is 1. The Morgan fingerprint density at radius 1 is 1.20 bits per heavy atom. The number of benzene rings is 2. The molecule has 2 aromatic rings. The fraction of sp³-hybridized carbons (Fsp3) is 0.200. The van der Waals surface area contributed by atoms with Crippen molar-refractivity contribution in [1.29, 1.82) is 0 Å². The van der Waals surface area contributed by atoms with Gasteiger partial charge >= 0.3 is 0 Å². The van der Waals surface area contributed by atoms with Crippen molar-refractivity contribution in [3.05, 3.63) is 46.5 Å². The number of halogens is 1. The van der Waals surface area contributed by atoms with E-state index in [4.69, 9.17) is 26.8 Å².